The number of H-pyrrole nitrogens is 1. The second kappa shape index (κ2) is 8.57. The molecule has 0 fully saturated rings. The number of imidazole rings is 1. The van der Waals surface area contributed by atoms with Crippen LogP contribution in [0.2, 0.25) is 0 Å². The summed E-state index contributed by atoms with van der Waals surface area (Å²) in [6.07, 6.45) is 0.986. The average molecular weight is 400 g/mol. The summed E-state index contributed by atoms with van der Waals surface area (Å²) in [5.74, 6) is 0.434. The van der Waals surface area contributed by atoms with Gasteiger partial charge in [0.1, 0.15) is 11.9 Å². The Morgan fingerprint density at radius 2 is 1.73 bits per heavy atom. The lowest BCUT2D eigenvalue weighted by Gasteiger charge is -2.17. The first kappa shape index (κ1) is 19.3. The number of carbonyl (C=O) groups excluding carboxylic acids is 1. The van der Waals surface area contributed by atoms with Gasteiger partial charge in [0, 0.05) is 18.6 Å². The number of aromatic nitrogens is 2. The molecular weight excluding hydrogens is 380 g/mol. The molecule has 2 N–H and O–H groups in total. The van der Waals surface area contributed by atoms with Crippen LogP contribution in [0, 0.1) is 10.1 Å². The molecule has 0 aliphatic heterocycles. The molecule has 0 bridgehead atoms. The summed E-state index contributed by atoms with van der Waals surface area (Å²) in [6, 6.07) is 23.3. The molecule has 4 rings (SSSR count). The van der Waals surface area contributed by atoms with Crippen LogP contribution >= 0.6 is 0 Å². The summed E-state index contributed by atoms with van der Waals surface area (Å²) < 4.78 is 0. The minimum absolute atomic E-state index is 0.0131. The molecule has 1 unspecified atom stereocenters. The maximum absolute atomic E-state index is 12.7. The minimum Gasteiger partial charge on any atom is -0.342 e. The highest BCUT2D eigenvalue weighted by Crippen LogP contribution is 2.25. The number of nitrogens with one attached hydrogen (secondary N) is 2. The van der Waals surface area contributed by atoms with Gasteiger partial charge in [-0.25, -0.2) is 4.98 Å². The Bertz CT molecular complexity index is 1170. The Kier molecular flexibility index (Phi) is 5.52. The quantitative estimate of drug-likeness (QED) is 0.356. The number of hydrogen-bond acceptors (Lipinski definition) is 4. The van der Waals surface area contributed by atoms with Crippen molar-refractivity contribution >= 4 is 22.6 Å². The van der Waals surface area contributed by atoms with Gasteiger partial charge in [-0.1, -0.05) is 60.7 Å². The van der Waals surface area contributed by atoms with E-state index in [0.29, 0.717) is 29.7 Å². The Hall–Kier alpha value is -4.00. The van der Waals surface area contributed by atoms with Crippen molar-refractivity contribution in [1.82, 2.24) is 15.3 Å². The molecule has 1 aromatic heterocycles. The summed E-state index contributed by atoms with van der Waals surface area (Å²) in [7, 11) is 0. The number of non-ortho nitro benzene ring substituents is 1. The Morgan fingerprint density at radius 1 is 1.03 bits per heavy atom. The van der Waals surface area contributed by atoms with Gasteiger partial charge in [0.05, 0.1) is 16.0 Å². The van der Waals surface area contributed by atoms with Crippen molar-refractivity contribution in [3.8, 4) is 0 Å². The van der Waals surface area contributed by atoms with Crippen molar-refractivity contribution in [2.75, 3.05) is 0 Å². The molecule has 0 saturated carbocycles. The predicted octanol–water partition coefficient (Wildman–Crippen LogP) is 4.31. The molecule has 30 heavy (non-hydrogen) atoms. The van der Waals surface area contributed by atoms with Gasteiger partial charge in [-0.3, -0.25) is 14.9 Å². The van der Waals surface area contributed by atoms with Gasteiger partial charge >= 0.3 is 0 Å². The number of aryl methyl sites for hydroxylation is 1. The molecule has 1 amide bonds. The first-order chi connectivity index (χ1) is 14.6. The topological polar surface area (TPSA) is 101 Å². The zero-order valence-electron chi connectivity index (χ0n) is 16.1. The molecule has 0 spiro atoms. The van der Waals surface area contributed by atoms with Crippen LogP contribution in [0.4, 0.5) is 5.69 Å². The van der Waals surface area contributed by atoms with Crippen LogP contribution in [0.25, 0.3) is 11.0 Å². The molecule has 4 aromatic rings. The van der Waals surface area contributed by atoms with E-state index in [4.69, 9.17) is 0 Å². The van der Waals surface area contributed by atoms with Crippen LogP contribution in [0.3, 0.4) is 0 Å². The maximum Gasteiger partial charge on any atom is 0.271 e. The number of hydrogen-bond donors (Lipinski definition) is 2. The lowest BCUT2D eigenvalue weighted by Crippen LogP contribution is -2.30. The number of fused-ring (bicyclic) bond motifs is 1. The van der Waals surface area contributed by atoms with Gasteiger partial charge in [0.25, 0.3) is 5.69 Å². The summed E-state index contributed by atoms with van der Waals surface area (Å²) in [5.41, 5.74) is 3.12. The molecule has 1 atom stereocenters. The van der Waals surface area contributed by atoms with Crippen molar-refractivity contribution in [2.24, 2.45) is 0 Å². The monoisotopic (exact) mass is 400 g/mol. The van der Waals surface area contributed by atoms with Crippen molar-refractivity contribution in [1.29, 1.82) is 0 Å². The zero-order chi connectivity index (χ0) is 20.9. The third-order valence-corrected chi connectivity index (χ3v) is 4.89. The first-order valence-electron chi connectivity index (χ1n) is 9.62. The molecule has 0 saturated heterocycles. The molecule has 0 aliphatic carbocycles. The normalized spacial score (nSPS) is 11.9. The van der Waals surface area contributed by atoms with Gasteiger partial charge in [-0.15, -0.1) is 0 Å². The van der Waals surface area contributed by atoms with Crippen LogP contribution in [0.1, 0.15) is 29.4 Å². The minimum atomic E-state index is -0.485. The lowest BCUT2D eigenvalue weighted by atomic mass is 10.1. The Morgan fingerprint density at radius 3 is 2.43 bits per heavy atom. The van der Waals surface area contributed by atoms with Gasteiger partial charge in [-0.05, 0) is 23.6 Å². The molecule has 7 heteroatoms. The third-order valence-electron chi connectivity index (χ3n) is 4.89. The molecular formula is C23H20N4O3. The molecule has 7 nitrogen and oxygen atoms in total. The van der Waals surface area contributed by atoms with Crippen LogP contribution in [0.15, 0.2) is 78.9 Å². The van der Waals surface area contributed by atoms with Gasteiger partial charge in [0.15, 0.2) is 0 Å². The van der Waals surface area contributed by atoms with Gasteiger partial charge in [0.2, 0.25) is 5.91 Å². The van der Waals surface area contributed by atoms with Crippen molar-refractivity contribution in [3.63, 3.8) is 0 Å². The second-order valence-electron chi connectivity index (χ2n) is 6.98. The SMILES string of the molecule is O=C(CCc1ccccc1)NC(c1ccccc1)c1nc2ccc([N+](=O)[O-])cc2[nH]1. The highest BCUT2D eigenvalue weighted by atomic mass is 16.6. The van der Waals surface area contributed by atoms with E-state index < -0.39 is 11.0 Å². The first-order valence-corrected chi connectivity index (χ1v) is 9.62. The van der Waals surface area contributed by atoms with Gasteiger partial charge in [-0.2, -0.15) is 0 Å². The third kappa shape index (κ3) is 4.35. The van der Waals surface area contributed by atoms with E-state index in [0.717, 1.165) is 11.1 Å². The van der Waals surface area contributed by atoms with Crippen molar-refractivity contribution in [3.05, 3.63) is 106 Å². The number of nitro benzene ring substituents is 1. The van der Waals surface area contributed by atoms with E-state index in [9.17, 15) is 14.9 Å². The number of amides is 1. The van der Waals surface area contributed by atoms with Crippen LogP contribution < -0.4 is 5.32 Å². The summed E-state index contributed by atoms with van der Waals surface area (Å²) in [6.45, 7) is 0. The van der Waals surface area contributed by atoms with Crippen LogP contribution in [-0.4, -0.2) is 20.8 Å². The largest absolute Gasteiger partial charge is 0.342 e. The van der Waals surface area contributed by atoms with E-state index >= 15 is 0 Å². The predicted molar refractivity (Wildman–Crippen MR) is 114 cm³/mol. The summed E-state index contributed by atoms with van der Waals surface area (Å²) in [4.78, 5) is 31.0. The van der Waals surface area contributed by atoms with Crippen molar-refractivity contribution in [2.45, 2.75) is 18.9 Å². The zero-order valence-corrected chi connectivity index (χ0v) is 16.1. The number of benzene rings is 3. The number of rotatable bonds is 7. The smallest absolute Gasteiger partial charge is 0.271 e. The molecule has 0 radical (unpaired) electrons. The van der Waals surface area contributed by atoms with E-state index in [-0.39, 0.29) is 11.6 Å². The summed E-state index contributed by atoms with van der Waals surface area (Å²) >= 11 is 0. The Balaban J connectivity index is 1.59. The maximum atomic E-state index is 12.7. The van der Waals surface area contributed by atoms with Crippen molar-refractivity contribution < 1.29 is 9.72 Å². The molecule has 150 valence electrons. The standard InChI is InChI=1S/C23H20N4O3/c28-21(14-11-16-7-3-1-4-8-16)26-22(17-9-5-2-6-10-17)23-24-19-13-12-18(27(29)30)15-20(19)25-23/h1-10,12-13,15,22H,11,14H2,(H,24,25)(H,26,28). The summed E-state index contributed by atoms with van der Waals surface area (Å²) in [5, 5.41) is 14.1. The van der Waals surface area contributed by atoms with Crippen LogP contribution in [0.5, 0.6) is 0 Å². The fourth-order valence-corrected chi connectivity index (χ4v) is 3.36. The molecule has 0 aliphatic rings. The average Bonchev–Trinajstić information content (AvgIpc) is 3.20. The highest BCUT2D eigenvalue weighted by molar-refractivity contribution is 5.79. The highest BCUT2D eigenvalue weighted by Gasteiger charge is 2.21. The number of nitrogens with zero attached hydrogens (tertiary/aromatic N) is 2. The lowest BCUT2D eigenvalue weighted by molar-refractivity contribution is -0.384. The van der Waals surface area contributed by atoms with E-state index in [1.165, 1.54) is 12.1 Å². The second-order valence-corrected chi connectivity index (χ2v) is 6.98. The fourth-order valence-electron chi connectivity index (χ4n) is 3.36. The molecule has 3 aromatic carbocycles. The molecule has 1 heterocycles. The van der Waals surface area contributed by atoms with E-state index in [1.807, 2.05) is 60.7 Å². The van der Waals surface area contributed by atoms with E-state index in [2.05, 4.69) is 15.3 Å². The van der Waals surface area contributed by atoms with Crippen LogP contribution in [-0.2, 0) is 11.2 Å². The Labute approximate surface area is 172 Å². The van der Waals surface area contributed by atoms with Gasteiger partial charge < -0.3 is 10.3 Å². The number of nitro groups is 1. The number of aromatic amines is 1. The fraction of sp³-hybridized carbons (Fsp3) is 0.130. The van der Waals surface area contributed by atoms with E-state index in [1.54, 1.807) is 6.07 Å². The number of carbonyl (C=O) groups is 1.